The third-order valence-electron chi connectivity index (χ3n) is 5.67. The van der Waals surface area contributed by atoms with Crippen LogP contribution in [0.2, 0.25) is 5.02 Å². The molecule has 0 aliphatic heterocycles. The summed E-state index contributed by atoms with van der Waals surface area (Å²) in [5.74, 6) is 1.30. The number of hydrogen-bond acceptors (Lipinski definition) is 4. The normalized spacial score (nSPS) is 15.9. The predicted octanol–water partition coefficient (Wildman–Crippen LogP) is 3.94. The van der Waals surface area contributed by atoms with Gasteiger partial charge in [-0.3, -0.25) is 9.78 Å². The van der Waals surface area contributed by atoms with Crippen LogP contribution in [-0.2, 0) is 7.05 Å². The van der Waals surface area contributed by atoms with Gasteiger partial charge in [0, 0.05) is 30.7 Å². The lowest BCUT2D eigenvalue weighted by molar-refractivity contribution is 0.224. The highest BCUT2D eigenvalue weighted by atomic mass is 35.5. The molecule has 1 aromatic carbocycles. The van der Waals surface area contributed by atoms with E-state index in [9.17, 15) is 4.79 Å². The van der Waals surface area contributed by atoms with Crippen molar-refractivity contribution in [2.24, 2.45) is 18.7 Å². The van der Waals surface area contributed by atoms with Crippen molar-refractivity contribution >= 4 is 33.3 Å². The molecule has 0 saturated heterocycles. The van der Waals surface area contributed by atoms with Gasteiger partial charge in [0.05, 0.1) is 21.6 Å². The Hall–Kier alpha value is -2.11. The lowest BCUT2D eigenvalue weighted by Crippen LogP contribution is -2.32. The summed E-state index contributed by atoms with van der Waals surface area (Å²) in [6.07, 6.45) is 6.56. The maximum atomic E-state index is 12.8. The topological polar surface area (TPSA) is 70.1 Å². The van der Waals surface area contributed by atoms with Gasteiger partial charge in [-0.1, -0.05) is 30.9 Å². The number of fused-ring (bicyclic) bond motifs is 3. The molecule has 1 unspecified atom stereocenters. The van der Waals surface area contributed by atoms with E-state index in [-0.39, 0.29) is 11.6 Å². The highest BCUT2D eigenvalue weighted by molar-refractivity contribution is 6.33. The van der Waals surface area contributed by atoms with Crippen molar-refractivity contribution in [2.75, 3.05) is 6.61 Å². The van der Waals surface area contributed by atoms with Gasteiger partial charge < -0.3 is 15.0 Å². The number of nitrogens with two attached hydrogens (primary N) is 1. The summed E-state index contributed by atoms with van der Waals surface area (Å²) in [4.78, 5) is 17.1. The summed E-state index contributed by atoms with van der Waals surface area (Å²) < 4.78 is 7.55. The fourth-order valence-corrected chi connectivity index (χ4v) is 4.12. The summed E-state index contributed by atoms with van der Waals surface area (Å²) in [6.45, 7) is 2.27. The van der Waals surface area contributed by atoms with Crippen molar-refractivity contribution < 1.29 is 4.74 Å². The molecule has 0 bridgehead atoms. The van der Waals surface area contributed by atoms with E-state index < -0.39 is 0 Å². The average Bonchev–Trinajstić information content (AvgIpc) is 2.61. The van der Waals surface area contributed by atoms with Crippen LogP contribution in [-0.4, -0.2) is 22.2 Å². The molecule has 5 nitrogen and oxygen atoms in total. The van der Waals surface area contributed by atoms with Crippen LogP contribution < -0.4 is 16.0 Å². The van der Waals surface area contributed by atoms with E-state index in [2.05, 4.69) is 4.98 Å². The minimum Gasteiger partial charge on any atom is -0.490 e. The van der Waals surface area contributed by atoms with E-state index in [4.69, 9.17) is 22.1 Å². The van der Waals surface area contributed by atoms with Gasteiger partial charge in [0.25, 0.3) is 5.56 Å². The Morgan fingerprint density at radius 1 is 1.37 bits per heavy atom. The molecule has 2 heterocycles. The zero-order chi connectivity index (χ0) is 19.1. The van der Waals surface area contributed by atoms with E-state index >= 15 is 0 Å². The number of rotatable bonds is 5. The van der Waals surface area contributed by atoms with Crippen LogP contribution in [0.25, 0.3) is 21.7 Å². The standard InChI is InChI=1S/C21H24ClN3O2/c1-12-20-15(6-7-24-12)16-9-17(22)19(10-18(16)25(2)21(20)26)27-11-14(23)8-13-4-3-5-13/h6-7,9-10,13-14H,3-5,8,11,23H2,1-2H3. The van der Waals surface area contributed by atoms with Gasteiger partial charge in [0.1, 0.15) is 12.4 Å². The Morgan fingerprint density at radius 3 is 2.85 bits per heavy atom. The molecule has 1 atom stereocenters. The quantitative estimate of drug-likeness (QED) is 0.675. The minimum atomic E-state index is -0.0712. The SMILES string of the molecule is Cc1nccc2c1c(=O)n(C)c1cc(OCC(N)CC3CCC3)c(Cl)cc21. The summed E-state index contributed by atoms with van der Waals surface area (Å²) in [5, 5.41) is 2.91. The summed E-state index contributed by atoms with van der Waals surface area (Å²) >= 11 is 6.49. The molecular formula is C21H24ClN3O2. The van der Waals surface area contributed by atoms with Crippen molar-refractivity contribution in [3.8, 4) is 5.75 Å². The maximum absolute atomic E-state index is 12.8. The van der Waals surface area contributed by atoms with Gasteiger partial charge in [-0.15, -0.1) is 0 Å². The van der Waals surface area contributed by atoms with E-state index in [1.165, 1.54) is 19.3 Å². The molecule has 6 heteroatoms. The second-order valence-corrected chi connectivity index (χ2v) is 7.99. The van der Waals surface area contributed by atoms with Crippen LogP contribution in [0, 0.1) is 12.8 Å². The highest BCUT2D eigenvalue weighted by Gasteiger charge is 2.21. The Labute approximate surface area is 163 Å². The van der Waals surface area contributed by atoms with E-state index in [0.717, 1.165) is 28.6 Å². The van der Waals surface area contributed by atoms with Crippen LogP contribution in [0.5, 0.6) is 5.75 Å². The molecule has 1 aliphatic rings. The van der Waals surface area contributed by atoms with Gasteiger partial charge in [0.2, 0.25) is 0 Å². The molecule has 142 valence electrons. The van der Waals surface area contributed by atoms with Crippen LogP contribution in [0.3, 0.4) is 0 Å². The first-order valence-corrected chi connectivity index (χ1v) is 9.79. The number of hydrogen-bond donors (Lipinski definition) is 1. The summed E-state index contributed by atoms with van der Waals surface area (Å²) in [5.41, 5.74) is 7.64. The van der Waals surface area contributed by atoms with E-state index in [0.29, 0.717) is 28.5 Å². The number of aromatic nitrogens is 2. The number of benzene rings is 1. The number of halogens is 1. The van der Waals surface area contributed by atoms with Gasteiger partial charge in [-0.25, -0.2) is 0 Å². The molecule has 3 aromatic rings. The number of ether oxygens (including phenoxy) is 1. The lowest BCUT2D eigenvalue weighted by atomic mass is 9.81. The number of nitrogens with zero attached hydrogens (tertiary/aromatic N) is 2. The summed E-state index contributed by atoms with van der Waals surface area (Å²) in [7, 11) is 1.76. The van der Waals surface area contributed by atoms with Gasteiger partial charge in [0.15, 0.2) is 0 Å². The smallest absolute Gasteiger partial charge is 0.260 e. The molecule has 1 aliphatic carbocycles. The molecular weight excluding hydrogens is 362 g/mol. The molecule has 0 radical (unpaired) electrons. The Kier molecular flexibility index (Phi) is 4.82. The molecule has 0 amide bonds. The minimum absolute atomic E-state index is 0.00351. The molecule has 1 saturated carbocycles. The highest BCUT2D eigenvalue weighted by Crippen LogP contribution is 2.34. The van der Waals surface area contributed by atoms with Crippen molar-refractivity contribution in [2.45, 2.75) is 38.6 Å². The summed E-state index contributed by atoms with van der Waals surface area (Å²) in [6, 6.07) is 5.56. The Balaban J connectivity index is 1.71. The molecule has 4 rings (SSSR count). The zero-order valence-corrected chi connectivity index (χ0v) is 16.4. The van der Waals surface area contributed by atoms with Crippen molar-refractivity contribution in [3.63, 3.8) is 0 Å². The molecule has 27 heavy (non-hydrogen) atoms. The van der Waals surface area contributed by atoms with Crippen LogP contribution in [0.4, 0.5) is 0 Å². The number of aryl methyl sites for hydroxylation is 2. The van der Waals surface area contributed by atoms with Crippen molar-refractivity contribution in [1.82, 2.24) is 9.55 Å². The molecule has 0 spiro atoms. The third-order valence-corrected chi connectivity index (χ3v) is 5.97. The molecule has 2 aromatic heterocycles. The fourth-order valence-electron chi connectivity index (χ4n) is 3.91. The Morgan fingerprint density at radius 2 is 2.15 bits per heavy atom. The first-order valence-electron chi connectivity index (χ1n) is 9.41. The average molecular weight is 386 g/mol. The van der Waals surface area contributed by atoms with E-state index in [1.54, 1.807) is 17.8 Å². The first kappa shape index (κ1) is 18.3. The lowest BCUT2D eigenvalue weighted by Gasteiger charge is -2.28. The van der Waals surface area contributed by atoms with Crippen LogP contribution in [0.1, 0.15) is 31.4 Å². The van der Waals surface area contributed by atoms with Crippen molar-refractivity contribution in [1.29, 1.82) is 0 Å². The molecule has 2 N–H and O–H groups in total. The van der Waals surface area contributed by atoms with Crippen molar-refractivity contribution in [3.05, 3.63) is 45.5 Å². The second-order valence-electron chi connectivity index (χ2n) is 7.59. The van der Waals surface area contributed by atoms with Gasteiger partial charge in [-0.2, -0.15) is 0 Å². The van der Waals surface area contributed by atoms with Gasteiger partial charge in [-0.05, 0) is 36.8 Å². The maximum Gasteiger partial charge on any atom is 0.260 e. The predicted molar refractivity (Wildman–Crippen MR) is 110 cm³/mol. The second kappa shape index (κ2) is 7.13. The Bertz CT molecular complexity index is 1070. The van der Waals surface area contributed by atoms with E-state index in [1.807, 2.05) is 25.1 Å². The fraction of sp³-hybridized carbons (Fsp3) is 0.429. The zero-order valence-electron chi connectivity index (χ0n) is 15.7. The largest absolute Gasteiger partial charge is 0.490 e. The van der Waals surface area contributed by atoms with Gasteiger partial charge >= 0.3 is 0 Å². The first-order chi connectivity index (χ1) is 13.0. The monoisotopic (exact) mass is 385 g/mol. The van der Waals surface area contributed by atoms with Crippen LogP contribution >= 0.6 is 11.6 Å². The third kappa shape index (κ3) is 3.30. The number of pyridine rings is 2. The molecule has 1 fully saturated rings. The van der Waals surface area contributed by atoms with Crippen LogP contribution in [0.15, 0.2) is 29.2 Å².